The van der Waals surface area contributed by atoms with E-state index in [2.05, 4.69) is 22.1 Å². The number of nitrogens with one attached hydrogen (secondary N) is 1. The number of amides is 1. The molecular formula is C16H21N3O. The number of aromatic nitrogens is 1. The summed E-state index contributed by atoms with van der Waals surface area (Å²) in [5, 5.41) is 3.11. The van der Waals surface area contributed by atoms with Crippen molar-refractivity contribution in [3.05, 3.63) is 29.6 Å². The number of nitrogens with two attached hydrogens (primary N) is 1. The maximum absolute atomic E-state index is 12.2. The monoisotopic (exact) mass is 271 g/mol. The fraction of sp³-hybridized carbons (Fsp3) is 0.500. The SMILES string of the molecule is NCC#Cc1cncc(C(=O)NC2CCCCCC2)c1. The Labute approximate surface area is 120 Å². The van der Waals surface area contributed by atoms with Crippen LogP contribution in [0.2, 0.25) is 0 Å². The van der Waals surface area contributed by atoms with Crippen molar-refractivity contribution in [1.29, 1.82) is 0 Å². The van der Waals surface area contributed by atoms with Crippen molar-refractivity contribution in [3.8, 4) is 11.8 Å². The Kier molecular flexibility index (Phi) is 5.57. The first-order chi connectivity index (χ1) is 9.79. The lowest BCUT2D eigenvalue weighted by atomic mass is 10.1. The van der Waals surface area contributed by atoms with E-state index >= 15 is 0 Å². The van der Waals surface area contributed by atoms with Crippen LogP contribution in [0.15, 0.2) is 18.5 Å². The molecule has 0 saturated heterocycles. The summed E-state index contributed by atoms with van der Waals surface area (Å²) in [7, 11) is 0. The van der Waals surface area contributed by atoms with Gasteiger partial charge in [0.25, 0.3) is 5.91 Å². The molecule has 0 unspecified atom stereocenters. The molecular weight excluding hydrogens is 250 g/mol. The van der Waals surface area contributed by atoms with E-state index in [-0.39, 0.29) is 5.91 Å². The van der Waals surface area contributed by atoms with E-state index in [1.165, 1.54) is 25.7 Å². The van der Waals surface area contributed by atoms with Crippen LogP contribution < -0.4 is 11.1 Å². The van der Waals surface area contributed by atoms with Crippen molar-refractivity contribution in [2.24, 2.45) is 5.73 Å². The number of hydrogen-bond acceptors (Lipinski definition) is 3. The van der Waals surface area contributed by atoms with Gasteiger partial charge < -0.3 is 11.1 Å². The third-order valence-corrected chi connectivity index (χ3v) is 3.53. The van der Waals surface area contributed by atoms with Crippen molar-refractivity contribution < 1.29 is 4.79 Å². The number of nitrogens with zero attached hydrogens (tertiary/aromatic N) is 1. The van der Waals surface area contributed by atoms with E-state index in [0.717, 1.165) is 18.4 Å². The minimum absolute atomic E-state index is 0.0548. The zero-order valence-corrected chi connectivity index (χ0v) is 11.7. The molecule has 0 aliphatic heterocycles. The molecule has 1 aromatic heterocycles. The van der Waals surface area contributed by atoms with Crippen LogP contribution in [0.5, 0.6) is 0 Å². The highest BCUT2D eigenvalue weighted by atomic mass is 16.1. The molecule has 0 atom stereocenters. The summed E-state index contributed by atoms with van der Waals surface area (Å²) >= 11 is 0. The molecule has 1 aromatic rings. The van der Waals surface area contributed by atoms with Crippen molar-refractivity contribution >= 4 is 5.91 Å². The Hall–Kier alpha value is -1.86. The number of rotatable bonds is 2. The molecule has 0 radical (unpaired) electrons. The molecule has 2 rings (SSSR count). The maximum atomic E-state index is 12.2. The van der Waals surface area contributed by atoms with Gasteiger partial charge in [-0.05, 0) is 18.9 Å². The molecule has 4 heteroatoms. The van der Waals surface area contributed by atoms with Gasteiger partial charge in [-0.2, -0.15) is 0 Å². The highest BCUT2D eigenvalue weighted by Crippen LogP contribution is 2.17. The largest absolute Gasteiger partial charge is 0.349 e. The lowest BCUT2D eigenvalue weighted by Gasteiger charge is -2.16. The van der Waals surface area contributed by atoms with Crippen LogP contribution in [-0.4, -0.2) is 23.5 Å². The maximum Gasteiger partial charge on any atom is 0.253 e. The van der Waals surface area contributed by atoms with Gasteiger partial charge in [-0.25, -0.2) is 0 Å². The zero-order chi connectivity index (χ0) is 14.2. The Balaban J connectivity index is 2.01. The Morgan fingerprint density at radius 3 is 2.75 bits per heavy atom. The lowest BCUT2D eigenvalue weighted by molar-refractivity contribution is 0.0933. The van der Waals surface area contributed by atoms with E-state index in [4.69, 9.17) is 5.73 Å². The Bertz CT molecular complexity index is 508. The molecule has 1 aliphatic rings. The van der Waals surface area contributed by atoms with Crippen LogP contribution in [0.1, 0.15) is 54.4 Å². The van der Waals surface area contributed by atoms with Gasteiger partial charge in [0, 0.05) is 24.0 Å². The van der Waals surface area contributed by atoms with Crippen molar-refractivity contribution in [2.75, 3.05) is 6.54 Å². The molecule has 0 bridgehead atoms. The highest BCUT2D eigenvalue weighted by molar-refractivity contribution is 5.94. The minimum atomic E-state index is -0.0548. The molecule has 1 saturated carbocycles. The van der Waals surface area contributed by atoms with Crippen molar-refractivity contribution in [3.63, 3.8) is 0 Å². The first kappa shape index (κ1) is 14.5. The second-order valence-corrected chi connectivity index (χ2v) is 5.13. The molecule has 1 aliphatic carbocycles. The summed E-state index contributed by atoms with van der Waals surface area (Å²) in [5.74, 6) is 5.61. The Morgan fingerprint density at radius 1 is 1.30 bits per heavy atom. The topological polar surface area (TPSA) is 68.0 Å². The van der Waals surface area contributed by atoms with Crippen LogP contribution >= 0.6 is 0 Å². The highest BCUT2D eigenvalue weighted by Gasteiger charge is 2.15. The van der Waals surface area contributed by atoms with E-state index in [0.29, 0.717) is 18.2 Å². The number of hydrogen-bond donors (Lipinski definition) is 2. The number of pyridine rings is 1. The molecule has 3 N–H and O–H groups in total. The predicted molar refractivity (Wildman–Crippen MR) is 79.1 cm³/mol. The summed E-state index contributed by atoms with van der Waals surface area (Å²) in [5.41, 5.74) is 6.63. The smallest absolute Gasteiger partial charge is 0.253 e. The Morgan fingerprint density at radius 2 is 2.05 bits per heavy atom. The van der Waals surface area contributed by atoms with E-state index in [1.54, 1.807) is 18.5 Å². The molecule has 4 nitrogen and oxygen atoms in total. The summed E-state index contributed by atoms with van der Waals surface area (Å²) in [6, 6.07) is 2.06. The summed E-state index contributed by atoms with van der Waals surface area (Å²) in [6.07, 6.45) is 10.3. The van der Waals surface area contributed by atoms with Gasteiger partial charge in [0.15, 0.2) is 0 Å². The molecule has 0 aromatic carbocycles. The van der Waals surface area contributed by atoms with E-state index in [1.807, 2.05) is 0 Å². The van der Waals surface area contributed by atoms with Gasteiger partial charge in [-0.15, -0.1) is 0 Å². The molecule has 1 fully saturated rings. The average Bonchev–Trinajstić information content (AvgIpc) is 2.74. The average molecular weight is 271 g/mol. The minimum Gasteiger partial charge on any atom is -0.349 e. The molecule has 1 amide bonds. The first-order valence-electron chi connectivity index (χ1n) is 7.24. The summed E-state index contributed by atoms with van der Waals surface area (Å²) in [6.45, 7) is 0.304. The molecule has 20 heavy (non-hydrogen) atoms. The third-order valence-electron chi connectivity index (χ3n) is 3.53. The van der Waals surface area contributed by atoms with Crippen LogP contribution in [0.4, 0.5) is 0 Å². The van der Waals surface area contributed by atoms with Crippen LogP contribution in [-0.2, 0) is 0 Å². The normalized spacial score (nSPS) is 15.8. The van der Waals surface area contributed by atoms with Gasteiger partial charge in [0.05, 0.1) is 12.1 Å². The van der Waals surface area contributed by atoms with Crippen LogP contribution in [0.3, 0.4) is 0 Å². The predicted octanol–water partition coefficient (Wildman–Crippen LogP) is 1.84. The summed E-state index contributed by atoms with van der Waals surface area (Å²) in [4.78, 5) is 16.3. The van der Waals surface area contributed by atoms with Gasteiger partial charge in [-0.1, -0.05) is 37.5 Å². The standard InChI is InChI=1S/C16H21N3O/c17-9-5-6-13-10-14(12-18-11-13)16(20)19-15-7-3-1-2-4-8-15/h10-12,15H,1-4,7-9,17H2,(H,19,20). The van der Waals surface area contributed by atoms with Crippen molar-refractivity contribution in [1.82, 2.24) is 10.3 Å². The fourth-order valence-corrected chi connectivity index (χ4v) is 2.48. The van der Waals surface area contributed by atoms with Gasteiger partial charge in [-0.3, -0.25) is 9.78 Å². The number of carbonyl (C=O) groups excluding carboxylic acids is 1. The first-order valence-corrected chi connectivity index (χ1v) is 7.24. The number of carbonyl (C=O) groups is 1. The van der Waals surface area contributed by atoms with E-state index < -0.39 is 0 Å². The zero-order valence-electron chi connectivity index (χ0n) is 11.7. The van der Waals surface area contributed by atoms with Gasteiger partial charge >= 0.3 is 0 Å². The molecule has 106 valence electrons. The van der Waals surface area contributed by atoms with E-state index in [9.17, 15) is 4.79 Å². The van der Waals surface area contributed by atoms with Crippen molar-refractivity contribution in [2.45, 2.75) is 44.6 Å². The lowest BCUT2D eigenvalue weighted by Crippen LogP contribution is -2.34. The molecule has 0 spiro atoms. The van der Waals surface area contributed by atoms with Crippen LogP contribution in [0, 0.1) is 11.8 Å². The second kappa shape index (κ2) is 7.66. The second-order valence-electron chi connectivity index (χ2n) is 5.13. The molecule has 1 heterocycles. The van der Waals surface area contributed by atoms with Gasteiger partial charge in [0.1, 0.15) is 0 Å². The quantitative estimate of drug-likeness (QED) is 0.637. The van der Waals surface area contributed by atoms with Gasteiger partial charge in [0.2, 0.25) is 0 Å². The fourth-order valence-electron chi connectivity index (χ4n) is 2.48. The van der Waals surface area contributed by atoms with Crippen LogP contribution in [0.25, 0.3) is 0 Å². The summed E-state index contributed by atoms with van der Waals surface area (Å²) < 4.78 is 0. The third kappa shape index (κ3) is 4.36.